The number of hydrogen-bond donors (Lipinski definition) is 3. The summed E-state index contributed by atoms with van der Waals surface area (Å²) in [5.74, 6) is 2.89. The highest BCUT2D eigenvalue weighted by atomic mass is 32.2. The lowest BCUT2D eigenvalue weighted by atomic mass is 10.1. The van der Waals surface area contributed by atoms with E-state index in [0.29, 0.717) is 28.8 Å². The molecule has 0 amide bonds. The quantitative estimate of drug-likeness (QED) is 0.564. The molecule has 2 aromatic heterocycles. The van der Waals surface area contributed by atoms with Crippen molar-refractivity contribution in [2.24, 2.45) is 0 Å². The fraction of sp³-hybridized carbons (Fsp3) is 0.333. The van der Waals surface area contributed by atoms with E-state index in [4.69, 9.17) is 5.73 Å². The van der Waals surface area contributed by atoms with Gasteiger partial charge in [-0.05, 0) is 48.7 Å². The molecule has 7 nitrogen and oxygen atoms in total. The second-order valence-corrected chi connectivity index (χ2v) is 7.78. The Morgan fingerprint density at radius 1 is 1.19 bits per heavy atom. The third-order valence-electron chi connectivity index (χ3n) is 4.10. The highest BCUT2D eigenvalue weighted by molar-refractivity contribution is 7.99. The van der Waals surface area contributed by atoms with E-state index in [-0.39, 0.29) is 0 Å². The van der Waals surface area contributed by atoms with Crippen LogP contribution < -0.4 is 11.1 Å². The van der Waals surface area contributed by atoms with Crippen LogP contribution >= 0.6 is 11.8 Å². The van der Waals surface area contributed by atoms with Crippen LogP contribution in [0.1, 0.15) is 50.0 Å². The Bertz CT molecular complexity index is 917. The summed E-state index contributed by atoms with van der Waals surface area (Å²) in [6.45, 7) is 4.23. The zero-order chi connectivity index (χ0) is 18.1. The molecule has 4 rings (SSSR count). The molecule has 1 aromatic carbocycles. The van der Waals surface area contributed by atoms with Gasteiger partial charge in [0.05, 0.1) is 0 Å². The van der Waals surface area contributed by atoms with Gasteiger partial charge in [-0.15, -0.1) is 0 Å². The molecule has 0 aliphatic heterocycles. The van der Waals surface area contributed by atoms with E-state index in [1.807, 2.05) is 30.3 Å². The van der Waals surface area contributed by atoms with Crippen molar-refractivity contribution in [3.05, 3.63) is 41.9 Å². The van der Waals surface area contributed by atoms with Crippen LogP contribution in [0.2, 0.25) is 0 Å². The van der Waals surface area contributed by atoms with E-state index in [1.54, 1.807) is 0 Å². The predicted molar refractivity (Wildman–Crippen MR) is 103 cm³/mol. The second-order valence-electron chi connectivity index (χ2n) is 6.74. The number of nitrogens with zero attached hydrogens (tertiary/aromatic N) is 4. The molecule has 134 valence electrons. The summed E-state index contributed by atoms with van der Waals surface area (Å²) in [6, 6.07) is 9.69. The summed E-state index contributed by atoms with van der Waals surface area (Å²) in [4.78, 5) is 14.8. The summed E-state index contributed by atoms with van der Waals surface area (Å²) in [6.07, 6.45) is 2.26. The summed E-state index contributed by atoms with van der Waals surface area (Å²) in [7, 11) is 0. The lowest BCUT2D eigenvalue weighted by Gasteiger charge is -2.07. The summed E-state index contributed by atoms with van der Waals surface area (Å²) >= 11 is 1.49. The first-order valence-corrected chi connectivity index (χ1v) is 9.50. The zero-order valence-corrected chi connectivity index (χ0v) is 15.5. The highest BCUT2D eigenvalue weighted by Gasteiger charge is 2.28. The third-order valence-corrected chi connectivity index (χ3v) is 4.96. The molecular formula is C18H21N7S. The Hall–Kier alpha value is -2.61. The predicted octanol–water partition coefficient (Wildman–Crippen LogP) is 4.07. The minimum absolute atomic E-state index is 0.382. The van der Waals surface area contributed by atoms with E-state index >= 15 is 0 Å². The number of hydrogen-bond acceptors (Lipinski definition) is 7. The van der Waals surface area contributed by atoms with Gasteiger partial charge < -0.3 is 11.1 Å². The topological polar surface area (TPSA) is 105 Å². The van der Waals surface area contributed by atoms with E-state index in [1.165, 1.54) is 11.8 Å². The fourth-order valence-electron chi connectivity index (χ4n) is 2.49. The Labute approximate surface area is 156 Å². The molecule has 1 saturated carbocycles. The molecule has 2 heterocycles. The van der Waals surface area contributed by atoms with Gasteiger partial charge in [0.25, 0.3) is 0 Å². The van der Waals surface area contributed by atoms with Crippen LogP contribution in [-0.2, 0) is 0 Å². The number of nitrogen functional groups attached to an aromatic ring is 1. The molecule has 0 atom stereocenters. The lowest BCUT2D eigenvalue weighted by Crippen LogP contribution is -2.04. The van der Waals surface area contributed by atoms with Crippen LogP contribution in [0, 0.1) is 0 Å². The largest absolute Gasteiger partial charge is 0.399 e. The molecule has 0 saturated heterocycles. The molecule has 3 aromatic rings. The first kappa shape index (κ1) is 16.8. The van der Waals surface area contributed by atoms with Crippen LogP contribution in [0.15, 0.2) is 40.4 Å². The van der Waals surface area contributed by atoms with Gasteiger partial charge in [-0.2, -0.15) is 15.1 Å². The molecule has 1 fully saturated rings. The molecular weight excluding hydrogens is 346 g/mol. The smallest absolute Gasteiger partial charge is 0.232 e. The average Bonchev–Trinajstić information content (AvgIpc) is 3.34. The van der Waals surface area contributed by atoms with E-state index in [0.717, 1.165) is 34.9 Å². The van der Waals surface area contributed by atoms with Gasteiger partial charge in [-0.1, -0.05) is 19.9 Å². The normalized spacial score (nSPS) is 14.0. The van der Waals surface area contributed by atoms with Crippen molar-refractivity contribution < 1.29 is 0 Å². The first-order valence-electron chi connectivity index (χ1n) is 8.68. The van der Waals surface area contributed by atoms with Crippen molar-refractivity contribution in [2.75, 3.05) is 11.1 Å². The molecule has 26 heavy (non-hydrogen) atoms. The van der Waals surface area contributed by atoms with Gasteiger partial charge in [0, 0.05) is 28.3 Å². The van der Waals surface area contributed by atoms with E-state index < -0.39 is 0 Å². The van der Waals surface area contributed by atoms with Crippen LogP contribution in [0.4, 0.5) is 17.5 Å². The minimum Gasteiger partial charge on any atom is -0.399 e. The SMILES string of the molecule is CC(C)c1cc(Nc2nc(Sc3cccc(N)c3)nc(C3CC3)n2)n[nH]1. The summed E-state index contributed by atoms with van der Waals surface area (Å²) < 4.78 is 0. The Balaban J connectivity index is 1.60. The Morgan fingerprint density at radius 2 is 2.04 bits per heavy atom. The molecule has 0 unspecified atom stereocenters. The third kappa shape index (κ3) is 3.96. The number of H-pyrrole nitrogens is 1. The molecule has 1 aliphatic rings. The van der Waals surface area contributed by atoms with Crippen LogP contribution in [0.5, 0.6) is 0 Å². The van der Waals surface area contributed by atoms with Crippen molar-refractivity contribution >= 4 is 29.2 Å². The van der Waals surface area contributed by atoms with Crippen LogP contribution in [0.3, 0.4) is 0 Å². The van der Waals surface area contributed by atoms with Crippen LogP contribution in [-0.4, -0.2) is 25.1 Å². The maximum Gasteiger partial charge on any atom is 0.232 e. The maximum absolute atomic E-state index is 5.87. The number of benzene rings is 1. The van der Waals surface area contributed by atoms with Gasteiger partial charge >= 0.3 is 0 Å². The van der Waals surface area contributed by atoms with Gasteiger partial charge in [-0.25, -0.2) is 4.98 Å². The number of aromatic amines is 1. The number of rotatable bonds is 6. The first-order chi connectivity index (χ1) is 12.6. The Kier molecular flexibility index (Phi) is 4.50. The maximum atomic E-state index is 5.87. The van der Waals surface area contributed by atoms with E-state index in [9.17, 15) is 0 Å². The molecule has 0 radical (unpaired) electrons. The van der Waals surface area contributed by atoms with Gasteiger partial charge in [0.1, 0.15) is 5.82 Å². The van der Waals surface area contributed by atoms with Crippen LogP contribution in [0.25, 0.3) is 0 Å². The second kappa shape index (κ2) is 6.95. The number of nitrogens with two attached hydrogens (primary N) is 1. The summed E-state index contributed by atoms with van der Waals surface area (Å²) in [5, 5.41) is 11.2. The van der Waals surface area contributed by atoms with Crippen molar-refractivity contribution in [3.63, 3.8) is 0 Å². The molecule has 1 aliphatic carbocycles. The van der Waals surface area contributed by atoms with Gasteiger partial charge in [0.2, 0.25) is 5.95 Å². The van der Waals surface area contributed by atoms with Gasteiger partial charge in [-0.3, -0.25) is 5.10 Å². The molecule has 4 N–H and O–H groups in total. The number of aromatic nitrogens is 5. The highest BCUT2D eigenvalue weighted by Crippen LogP contribution is 2.39. The summed E-state index contributed by atoms with van der Waals surface area (Å²) in [5.41, 5.74) is 7.66. The zero-order valence-electron chi connectivity index (χ0n) is 14.7. The fourth-order valence-corrected chi connectivity index (χ4v) is 3.32. The Morgan fingerprint density at radius 3 is 2.73 bits per heavy atom. The van der Waals surface area contributed by atoms with Gasteiger partial charge in [0.15, 0.2) is 11.0 Å². The monoisotopic (exact) mass is 367 g/mol. The molecule has 8 heteroatoms. The minimum atomic E-state index is 0.382. The van der Waals surface area contributed by atoms with E-state index in [2.05, 4.69) is 44.3 Å². The lowest BCUT2D eigenvalue weighted by molar-refractivity contribution is 0.809. The number of nitrogens with one attached hydrogen (secondary N) is 2. The average molecular weight is 367 g/mol. The van der Waals surface area contributed by atoms with Crippen molar-refractivity contribution in [1.29, 1.82) is 0 Å². The van der Waals surface area contributed by atoms with Crippen molar-refractivity contribution in [3.8, 4) is 0 Å². The molecule has 0 spiro atoms. The molecule has 0 bridgehead atoms. The standard InChI is InChI=1S/C18H21N7S/c1-10(2)14-9-15(25-24-14)20-17-21-16(11-6-7-11)22-18(23-17)26-13-5-3-4-12(19)8-13/h3-5,8-11H,6-7,19H2,1-2H3,(H2,20,21,22,23,24,25). The number of anilines is 3. The van der Waals surface area contributed by atoms with Crippen molar-refractivity contribution in [2.45, 2.75) is 48.6 Å². The van der Waals surface area contributed by atoms with Crippen molar-refractivity contribution in [1.82, 2.24) is 25.1 Å².